The molecule has 2 heterocycles. The first-order chi connectivity index (χ1) is 15.2. The average Bonchev–Trinajstić information content (AvgIpc) is 3.18. The van der Waals surface area contributed by atoms with Gasteiger partial charge in [-0.15, -0.1) is 11.3 Å². The Bertz CT molecular complexity index is 1590. The third kappa shape index (κ3) is 3.00. The molecule has 0 saturated carbocycles. The Hall–Kier alpha value is -3.30. The lowest BCUT2D eigenvalue weighted by Crippen LogP contribution is -1.97. The van der Waals surface area contributed by atoms with E-state index in [2.05, 4.69) is 91.6 Å². The second-order valence-electron chi connectivity index (χ2n) is 8.62. The molecule has 0 bridgehead atoms. The molecule has 150 valence electrons. The van der Waals surface area contributed by atoms with Crippen LogP contribution >= 0.6 is 11.3 Å². The van der Waals surface area contributed by atoms with E-state index < -0.39 is 0 Å². The molecule has 0 N–H and O–H groups in total. The Morgan fingerprint density at radius 2 is 1.55 bits per heavy atom. The summed E-state index contributed by atoms with van der Waals surface area (Å²) in [6, 6.07) is 26.4. The number of nitrogens with zero attached hydrogens (tertiary/aromatic N) is 2. The summed E-state index contributed by atoms with van der Waals surface area (Å²) in [4.78, 5) is 10.5. The zero-order valence-electron chi connectivity index (χ0n) is 17.6. The Morgan fingerprint density at radius 1 is 0.774 bits per heavy atom. The maximum absolute atomic E-state index is 4.80. The van der Waals surface area contributed by atoms with E-state index in [1.54, 1.807) is 17.7 Å². The third-order valence-corrected chi connectivity index (χ3v) is 7.16. The van der Waals surface area contributed by atoms with Crippen molar-refractivity contribution in [3.63, 3.8) is 0 Å². The summed E-state index contributed by atoms with van der Waals surface area (Å²) in [6.07, 6.45) is 2.77. The monoisotopic (exact) mass is 418 g/mol. The fraction of sp³-hybridized carbons (Fsp3) is 0.143. The van der Waals surface area contributed by atoms with Gasteiger partial charge in [0.1, 0.15) is 11.2 Å². The molecule has 3 heteroatoms. The molecule has 0 spiro atoms. The van der Waals surface area contributed by atoms with Crippen LogP contribution in [0.15, 0.2) is 79.1 Å². The zero-order valence-corrected chi connectivity index (χ0v) is 18.4. The van der Waals surface area contributed by atoms with Crippen LogP contribution in [0, 0.1) is 5.92 Å². The first-order valence-corrected chi connectivity index (χ1v) is 11.6. The van der Waals surface area contributed by atoms with Gasteiger partial charge in [-0.3, -0.25) is 0 Å². The van der Waals surface area contributed by atoms with Crippen LogP contribution in [0.1, 0.15) is 19.4 Å². The summed E-state index contributed by atoms with van der Waals surface area (Å²) in [5.41, 5.74) is 3.59. The Labute approximate surface area is 185 Å². The second-order valence-corrected chi connectivity index (χ2v) is 9.62. The molecule has 0 fully saturated rings. The SMILES string of the molecule is CC(C)Cc1cc(-c2ncnc3sc4c5ccccc5ccc4c23)cc2ccccc12. The van der Waals surface area contributed by atoms with E-state index in [-0.39, 0.29) is 0 Å². The number of thiophene rings is 1. The molecule has 0 atom stereocenters. The number of hydrogen-bond donors (Lipinski definition) is 0. The number of aromatic nitrogens is 2. The van der Waals surface area contributed by atoms with Crippen LogP contribution in [0.25, 0.3) is 53.1 Å². The quantitative estimate of drug-likeness (QED) is 0.291. The molecule has 2 nitrogen and oxygen atoms in total. The number of hydrogen-bond acceptors (Lipinski definition) is 3. The highest BCUT2D eigenvalue weighted by atomic mass is 32.1. The number of benzene rings is 4. The lowest BCUT2D eigenvalue weighted by Gasteiger charge is -2.13. The van der Waals surface area contributed by atoms with Crippen molar-refractivity contribution >= 4 is 53.2 Å². The van der Waals surface area contributed by atoms with Crippen molar-refractivity contribution in [2.45, 2.75) is 20.3 Å². The van der Waals surface area contributed by atoms with E-state index in [0.717, 1.165) is 16.9 Å². The number of fused-ring (bicyclic) bond motifs is 6. The van der Waals surface area contributed by atoms with Gasteiger partial charge in [-0.1, -0.05) is 74.5 Å². The Balaban J connectivity index is 1.68. The van der Waals surface area contributed by atoms with Crippen LogP contribution in [0.2, 0.25) is 0 Å². The Kier molecular flexibility index (Phi) is 4.25. The molecule has 4 aromatic carbocycles. The summed E-state index contributed by atoms with van der Waals surface area (Å²) in [5, 5.41) is 7.57. The van der Waals surface area contributed by atoms with Gasteiger partial charge >= 0.3 is 0 Å². The predicted octanol–water partition coefficient (Wildman–Crippen LogP) is 8.02. The zero-order chi connectivity index (χ0) is 20.9. The van der Waals surface area contributed by atoms with E-state index in [1.165, 1.54) is 48.1 Å². The molecule has 0 aliphatic heterocycles. The molecule has 2 aromatic heterocycles. The predicted molar refractivity (Wildman–Crippen MR) is 134 cm³/mol. The van der Waals surface area contributed by atoms with Gasteiger partial charge in [0.15, 0.2) is 0 Å². The minimum atomic E-state index is 0.595. The molecule has 0 saturated heterocycles. The van der Waals surface area contributed by atoms with Crippen molar-refractivity contribution in [1.82, 2.24) is 9.97 Å². The van der Waals surface area contributed by atoms with Crippen molar-refractivity contribution in [2.24, 2.45) is 5.92 Å². The van der Waals surface area contributed by atoms with Crippen LogP contribution in [-0.4, -0.2) is 9.97 Å². The summed E-state index contributed by atoms with van der Waals surface area (Å²) in [5.74, 6) is 0.595. The molecule has 0 unspecified atom stereocenters. The van der Waals surface area contributed by atoms with Crippen molar-refractivity contribution in [2.75, 3.05) is 0 Å². The highest BCUT2D eigenvalue weighted by molar-refractivity contribution is 7.26. The van der Waals surface area contributed by atoms with Crippen LogP contribution < -0.4 is 0 Å². The van der Waals surface area contributed by atoms with Gasteiger partial charge in [-0.05, 0) is 51.6 Å². The van der Waals surface area contributed by atoms with Gasteiger partial charge in [0.25, 0.3) is 0 Å². The molecular weight excluding hydrogens is 396 g/mol. The highest BCUT2D eigenvalue weighted by Crippen LogP contribution is 2.41. The second kappa shape index (κ2) is 7.14. The molecule has 0 aliphatic rings. The van der Waals surface area contributed by atoms with E-state index >= 15 is 0 Å². The molecule has 0 amide bonds. The summed E-state index contributed by atoms with van der Waals surface area (Å²) >= 11 is 1.77. The normalized spacial score (nSPS) is 12.0. The van der Waals surface area contributed by atoms with Gasteiger partial charge in [0, 0.05) is 21.0 Å². The smallest absolute Gasteiger partial charge is 0.128 e. The first-order valence-electron chi connectivity index (χ1n) is 10.8. The maximum atomic E-state index is 4.80. The fourth-order valence-corrected chi connectivity index (χ4v) is 5.87. The van der Waals surface area contributed by atoms with Gasteiger partial charge in [-0.25, -0.2) is 9.97 Å². The van der Waals surface area contributed by atoms with Gasteiger partial charge < -0.3 is 0 Å². The topological polar surface area (TPSA) is 25.8 Å². The molecule has 6 rings (SSSR count). The Morgan fingerprint density at radius 3 is 2.39 bits per heavy atom. The van der Waals surface area contributed by atoms with E-state index in [1.807, 2.05) is 0 Å². The van der Waals surface area contributed by atoms with Crippen LogP contribution in [0.5, 0.6) is 0 Å². The lowest BCUT2D eigenvalue weighted by atomic mass is 9.93. The molecule has 0 aliphatic carbocycles. The van der Waals surface area contributed by atoms with E-state index in [9.17, 15) is 0 Å². The summed E-state index contributed by atoms with van der Waals surface area (Å²) in [6.45, 7) is 4.56. The lowest BCUT2D eigenvalue weighted by molar-refractivity contribution is 0.650. The summed E-state index contributed by atoms with van der Waals surface area (Å²) in [7, 11) is 0. The van der Waals surface area contributed by atoms with Crippen LogP contribution in [-0.2, 0) is 6.42 Å². The summed E-state index contributed by atoms with van der Waals surface area (Å²) < 4.78 is 1.29. The minimum absolute atomic E-state index is 0.595. The van der Waals surface area contributed by atoms with Gasteiger partial charge in [0.2, 0.25) is 0 Å². The van der Waals surface area contributed by atoms with Gasteiger partial charge in [-0.2, -0.15) is 0 Å². The largest absolute Gasteiger partial charge is 0.236 e. The molecular formula is C28H22N2S. The van der Waals surface area contributed by atoms with E-state index in [0.29, 0.717) is 5.92 Å². The standard InChI is InChI=1S/C28H22N2S/c1-17(2)13-20-15-21(14-19-8-4-5-9-22(19)20)26-25-24-12-11-18-7-3-6-10-23(18)27(24)31-28(25)30-16-29-26/h3-12,14-17H,13H2,1-2H3. The van der Waals surface area contributed by atoms with E-state index in [4.69, 9.17) is 4.98 Å². The average molecular weight is 419 g/mol. The first kappa shape index (κ1) is 18.5. The minimum Gasteiger partial charge on any atom is -0.236 e. The van der Waals surface area contributed by atoms with Crippen molar-refractivity contribution in [3.05, 3.63) is 84.7 Å². The van der Waals surface area contributed by atoms with Crippen LogP contribution in [0.3, 0.4) is 0 Å². The van der Waals surface area contributed by atoms with Gasteiger partial charge in [0.05, 0.1) is 5.69 Å². The molecule has 6 aromatic rings. The maximum Gasteiger partial charge on any atom is 0.128 e. The van der Waals surface area contributed by atoms with Crippen LogP contribution in [0.4, 0.5) is 0 Å². The fourth-order valence-electron chi connectivity index (χ4n) is 4.69. The van der Waals surface area contributed by atoms with Crippen molar-refractivity contribution in [1.29, 1.82) is 0 Å². The molecule has 0 radical (unpaired) electrons. The van der Waals surface area contributed by atoms with Crippen molar-refractivity contribution < 1.29 is 0 Å². The molecule has 31 heavy (non-hydrogen) atoms. The number of rotatable bonds is 3. The third-order valence-electron chi connectivity index (χ3n) is 6.01. The highest BCUT2D eigenvalue weighted by Gasteiger charge is 2.16. The van der Waals surface area contributed by atoms with Crippen molar-refractivity contribution in [3.8, 4) is 11.3 Å².